The fourth-order valence-electron chi connectivity index (χ4n) is 12.7. The molecule has 0 aliphatic carbocycles. The smallest absolute Gasteiger partial charge is 0.407 e. The van der Waals surface area contributed by atoms with Gasteiger partial charge in [0.1, 0.15) is 93.7 Å². The molecule has 2 saturated heterocycles. The van der Waals surface area contributed by atoms with Gasteiger partial charge in [-0.25, -0.2) is 28.8 Å². The molecule has 3 aromatic rings. The van der Waals surface area contributed by atoms with Crippen molar-refractivity contribution in [3.05, 3.63) is 90.0 Å². The first kappa shape index (κ1) is 108. The third-order valence-electron chi connectivity index (χ3n) is 18.9. The van der Waals surface area contributed by atoms with E-state index in [4.69, 9.17) is 37.9 Å². The Balaban J connectivity index is 1.67. The molecule has 41 nitrogen and oxygen atoms in total. The van der Waals surface area contributed by atoms with Crippen molar-refractivity contribution >= 4 is 95.5 Å². The van der Waals surface area contributed by atoms with Crippen LogP contribution in [0, 0.1) is 0 Å². The van der Waals surface area contributed by atoms with E-state index in [0.717, 1.165) is 32.3 Å². The second kappa shape index (κ2) is 51.3. The summed E-state index contributed by atoms with van der Waals surface area (Å²) in [6, 6.07) is 5.57. The van der Waals surface area contributed by atoms with Crippen molar-refractivity contribution in [3.63, 3.8) is 0 Å². The molecule has 722 valence electrons. The van der Waals surface area contributed by atoms with Gasteiger partial charge in [0.2, 0.25) is 53.2 Å². The monoisotopic (exact) mass is 1830 g/mol. The maximum absolute atomic E-state index is 15.5. The van der Waals surface area contributed by atoms with Crippen LogP contribution in [0.4, 0.5) is 24.0 Å². The number of esters is 1. The number of ether oxygens (including phenoxy) is 8. The summed E-state index contributed by atoms with van der Waals surface area (Å²) in [5.41, 5.74) is -3.42. The Kier molecular flexibility index (Phi) is 42.8. The van der Waals surface area contributed by atoms with Crippen LogP contribution in [0.3, 0.4) is 0 Å². The predicted molar refractivity (Wildman–Crippen MR) is 473 cm³/mol. The van der Waals surface area contributed by atoms with Crippen molar-refractivity contribution in [2.75, 3.05) is 45.9 Å². The Morgan fingerprint density at radius 3 is 1.34 bits per heavy atom. The van der Waals surface area contributed by atoms with E-state index in [1.165, 1.54) is 6.07 Å². The number of aliphatic hydroxyl groups excluding tert-OH is 2. The van der Waals surface area contributed by atoms with Crippen LogP contribution in [0.5, 0.6) is 5.75 Å². The molecular formula is C89H135N15O26. The Morgan fingerprint density at radius 2 is 0.892 bits per heavy atom. The van der Waals surface area contributed by atoms with Gasteiger partial charge in [0, 0.05) is 58.5 Å². The highest BCUT2D eigenvalue weighted by atomic mass is 16.7. The molecule has 0 saturated carbocycles. The van der Waals surface area contributed by atoms with Crippen molar-refractivity contribution in [2.24, 2.45) is 0 Å². The number of carbonyl (C=O) groups excluding carboxylic acids is 16. The summed E-state index contributed by atoms with van der Waals surface area (Å²) in [7, 11) is 0. The quantitative estimate of drug-likeness (QED) is 0.0310. The highest BCUT2D eigenvalue weighted by molar-refractivity contribution is 6.00. The highest BCUT2D eigenvalue weighted by Gasteiger charge is 2.40. The molecule has 15 amide bonds. The van der Waals surface area contributed by atoms with Crippen LogP contribution in [0.1, 0.15) is 211 Å². The molecule has 17 N–H and O–H groups in total. The van der Waals surface area contributed by atoms with Gasteiger partial charge in [-0.2, -0.15) is 0 Å². The zero-order valence-electron chi connectivity index (χ0n) is 77.6. The summed E-state index contributed by atoms with van der Waals surface area (Å²) in [6.07, 6.45) is -12.6. The molecule has 2 aliphatic heterocycles. The molecular weight excluding hydrogens is 1700 g/mol. The minimum atomic E-state index is -2.08. The Bertz CT molecular complexity index is 4310. The van der Waals surface area contributed by atoms with Crippen LogP contribution in [-0.2, 0) is 87.5 Å². The molecule has 0 radical (unpaired) electrons. The molecule has 130 heavy (non-hydrogen) atoms. The van der Waals surface area contributed by atoms with Crippen LogP contribution >= 0.6 is 0 Å². The molecule has 0 bridgehead atoms. The van der Waals surface area contributed by atoms with Crippen molar-refractivity contribution < 1.29 is 125 Å². The van der Waals surface area contributed by atoms with E-state index in [0.29, 0.717) is 24.2 Å². The third kappa shape index (κ3) is 41.1. The summed E-state index contributed by atoms with van der Waals surface area (Å²) >= 11 is 0. The van der Waals surface area contributed by atoms with E-state index in [1.54, 1.807) is 153 Å². The molecule has 5 rings (SSSR count). The maximum Gasteiger partial charge on any atom is 0.407 e. The maximum atomic E-state index is 15.5. The number of hydrogen-bond acceptors (Lipinski definition) is 26. The first-order chi connectivity index (χ1) is 60.8. The molecule has 0 aromatic heterocycles. The minimum Gasteiger partial charge on any atom is -0.464 e. The van der Waals surface area contributed by atoms with Gasteiger partial charge in [-0.05, 0) is 198 Å². The normalized spacial score (nSPS) is 20.2. The van der Waals surface area contributed by atoms with E-state index in [-0.39, 0.29) is 37.1 Å². The SMILES string of the molecule is CCC[C@@H]1NC(=O)[C@@H](Cc2ccccc2)NC(=O)[C@H](CCNC(=O)OC(C)(C)C)NC(=O)[C@@H](NC(=O)[C@H](CCNC(=O)OC(C)(C)C)NC(=O)[C@@H](NC(=O)[C@H](CCNC(=O)OC(C)(C)C)OC(=O)c2ccc(-c3ccccc3)cc2OC2CCCCO2)C(C)O)CCNC(=O)[C@H](C(C)O)NC(=O)[C@H](CCNC(=O)OC(C)(C)C)NC(=O)[C@H](CCNC(=O)OC(C)(C)C)NC1=O. The molecule has 41 heteroatoms. The van der Waals surface area contributed by atoms with Crippen LogP contribution < -0.4 is 84.5 Å². The van der Waals surface area contributed by atoms with Crippen molar-refractivity contribution in [2.45, 2.75) is 309 Å². The summed E-state index contributed by atoms with van der Waals surface area (Å²) in [6.45, 7) is 25.2. The number of alkyl carbamates (subject to hydrolysis) is 5. The van der Waals surface area contributed by atoms with Gasteiger partial charge in [0.25, 0.3) is 5.91 Å². The lowest BCUT2D eigenvalue weighted by atomic mass is 10.0. The lowest BCUT2D eigenvalue weighted by Crippen LogP contribution is -2.61. The van der Waals surface area contributed by atoms with E-state index >= 15 is 24.0 Å². The number of aliphatic hydroxyl groups is 2. The molecule has 3 unspecified atom stereocenters. The third-order valence-corrected chi connectivity index (χ3v) is 18.9. The second-order valence-electron chi connectivity index (χ2n) is 36.4. The molecule has 3 aromatic carbocycles. The predicted octanol–water partition coefficient (Wildman–Crippen LogP) is 4.05. The highest BCUT2D eigenvalue weighted by Crippen LogP contribution is 2.31. The standard InChI is InChI=1S/C89H135N15O26/c1-19-28-57-69(107)97-59(37-43-91-80(118)126-85(4,5)6)71(109)100-62(40-46-94-83(121)129-88(13,14)15)74(112)103-67(51(2)105)77(115)90-42-36-58(70(108)99-60(38-44-92-81(119)127-86(7,8)9)73(111)102-63(75(113)96-57)49-53-29-22-20-23-30-53)98-72(110)61(39-45-93-82(120)128-87(10,11)12)101-78(116)68(52(3)106)104-76(114)64(41-47-95-84(122)130-89(16,17)18)125-79(117)56-35-34-55(54-31-24-21-25-32-54)50-65(56)124-66-33-26-27-48-123-66/h20-25,29-32,34-35,50-52,57-64,66-68,105-106H,19,26-28,33,36-49H2,1-18H3,(H,90,115)(H,91,118)(H,92,119)(H,93,120)(H,94,121)(H,95,122)(H,96,113)(H,97,107)(H,98,110)(H,99,108)(H,100,109)(H,101,116)(H,102,111)(H,103,112)(H,104,114)/t51?,52?,57-,58-,59-,60-,61-,62-,63+,64-,66?,67-,68-/m0/s1. The first-order valence-electron chi connectivity index (χ1n) is 43.7. The number of carbonyl (C=O) groups is 16. The summed E-state index contributed by atoms with van der Waals surface area (Å²) in [5, 5.41) is 60.7. The van der Waals surface area contributed by atoms with E-state index in [9.17, 15) is 63.0 Å². The largest absolute Gasteiger partial charge is 0.464 e. The fourth-order valence-corrected chi connectivity index (χ4v) is 12.7. The van der Waals surface area contributed by atoms with Crippen molar-refractivity contribution in [3.8, 4) is 16.9 Å². The first-order valence-corrected chi connectivity index (χ1v) is 43.7. The average molecular weight is 1830 g/mol. The van der Waals surface area contributed by atoms with Crippen LogP contribution in [0.2, 0.25) is 0 Å². The van der Waals surface area contributed by atoms with Gasteiger partial charge < -0.3 is 128 Å². The van der Waals surface area contributed by atoms with E-state index in [1.807, 2.05) is 30.3 Å². The average Bonchev–Trinajstić information content (AvgIpc) is 0.834. The summed E-state index contributed by atoms with van der Waals surface area (Å²) in [5.74, 6) is -12.7. The van der Waals surface area contributed by atoms with Gasteiger partial charge >= 0.3 is 36.4 Å². The number of hydrogen-bond donors (Lipinski definition) is 17. The van der Waals surface area contributed by atoms with Crippen LogP contribution in [-0.4, -0.2) is 259 Å². The zero-order valence-corrected chi connectivity index (χ0v) is 77.6. The van der Waals surface area contributed by atoms with Crippen molar-refractivity contribution in [1.82, 2.24) is 79.8 Å². The molecule has 2 heterocycles. The van der Waals surface area contributed by atoms with Gasteiger partial charge in [0.05, 0.1) is 18.8 Å². The number of amides is 15. The lowest BCUT2D eigenvalue weighted by Gasteiger charge is -2.29. The number of nitrogens with one attached hydrogen (secondary N) is 15. The van der Waals surface area contributed by atoms with Gasteiger partial charge in [-0.1, -0.05) is 80.1 Å². The Labute approximate surface area is 758 Å². The van der Waals surface area contributed by atoms with Crippen molar-refractivity contribution in [1.29, 1.82) is 0 Å². The number of rotatable bonds is 32. The minimum absolute atomic E-state index is 0.0147. The van der Waals surface area contributed by atoms with Gasteiger partial charge in [0.15, 0.2) is 12.4 Å². The molecule has 2 aliphatic rings. The van der Waals surface area contributed by atoms with Gasteiger partial charge in [-0.3, -0.25) is 47.9 Å². The summed E-state index contributed by atoms with van der Waals surface area (Å²) < 4.78 is 45.2. The molecule has 0 spiro atoms. The van der Waals surface area contributed by atoms with Crippen LogP contribution in [0.25, 0.3) is 11.1 Å². The van der Waals surface area contributed by atoms with Crippen LogP contribution in [0.15, 0.2) is 78.9 Å². The van der Waals surface area contributed by atoms with E-state index in [2.05, 4.69) is 79.8 Å². The molecule has 13 atom stereocenters. The Hall–Kier alpha value is -12.1. The lowest BCUT2D eigenvalue weighted by molar-refractivity contribution is -0.138. The topological polar surface area (TPSA) is 568 Å². The Morgan fingerprint density at radius 1 is 0.462 bits per heavy atom. The van der Waals surface area contributed by atoms with Gasteiger partial charge in [-0.15, -0.1) is 0 Å². The zero-order chi connectivity index (χ0) is 97.0. The second-order valence-corrected chi connectivity index (χ2v) is 36.4. The summed E-state index contributed by atoms with van der Waals surface area (Å²) in [4.78, 5) is 231. The number of benzene rings is 3. The molecule has 2 fully saturated rings. The fraction of sp³-hybridized carbons (Fsp3) is 0.618. The van der Waals surface area contributed by atoms with E-state index < -0.39 is 274 Å².